The maximum Gasteiger partial charge on any atom is 0.319 e. The molecule has 0 fully saturated rings. The molecule has 0 radical (unpaired) electrons. The number of carbonyl (C=O) groups is 2. The van der Waals surface area contributed by atoms with Crippen molar-refractivity contribution in [1.82, 2.24) is 16.0 Å². The van der Waals surface area contributed by atoms with E-state index in [0.717, 1.165) is 19.5 Å². The molecule has 0 aliphatic rings. The molecular formula is C16H27ClN4O2. The number of carbonyl (C=O) groups excluding carboxylic acids is 2. The van der Waals surface area contributed by atoms with Crippen LogP contribution in [0.1, 0.15) is 37.6 Å². The number of urea groups is 1. The van der Waals surface area contributed by atoms with E-state index in [1.54, 1.807) is 24.3 Å². The number of halogens is 1. The van der Waals surface area contributed by atoms with Crippen molar-refractivity contribution in [1.29, 1.82) is 0 Å². The summed E-state index contributed by atoms with van der Waals surface area (Å²) in [5.41, 5.74) is 1.23. The number of rotatable bonds is 8. The fourth-order valence-electron chi connectivity index (χ4n) is 1.80. The minimum atomic E-state index is -0.255. The second-order valence-electron chi connectivity index (χ2n) is 5.34. The van der Waals surface area contributed by atoms with Crippen LogP contribution in [0.3, 0.4) is 0 Å². The summed E-state index contributed by atoms with van der Waals surface area (Å²) in [7, 11) is 0. The summed E-state index contributed by atoms with van der Waals surface area (Å²) in [4.78, 5) is 23.5. The van der Waals surface area contributed by atoms with Crippen LogP contribution in [0, 0.1) is 0 Å². The van der Waals surface area contributed by atoms with E-state index in [0.29, 0.717) is 17.8 Å². The fraction of sp³-hybridized carbons (Fsp3) is 0.500. The Labute approximate surface area is 144 Å². The van der Waals surface area contributed by atoms with Crippen molar-refractivity contribution in [3.05, 3.63) is 29.8 Å². The molecule has 1 aromatic carbocycles. The van der Waals surface area contributed by atoms with Crippen molar-refractivity contribution >= 4 is 30.0 Å². The van der Waals surface area contributed by atoms with E-state index in [9.17, 15) is 9.59 Å². The number of nitrogens with one attached hydrogen (secondary N) is 4. The van der Waals surface area contributed by atoms with Gasteiger partial charge in [-0.05, 0) is 51.1 Å². The van der Waals surface area contributed by atoms with Crippen molar-refractivity contribution in [2.75, 3.05) is 25.0 Å². The van der Waals surface area contributed by atoms with Gasteiger partial charge in [-0.3, -0.25) is 4.79 Å². The second-order valence-corrected chi connectivity index (χ2v) is 5.34. The molecule has 4 N–H and O–H groups in total. The predicted octanol–water partition coefficient (Wildman–Crippen LogP) is 2.37. The summed E-state index contributed by atoms with van der Waals surface area (Å²) in [6.45, 7) is 8.19. The third-order valence-electron chi connectivity index (χ3n) is 2.84. The Hall–Kier alpha value is -1.79. The average Bonchev–Trinajstić information content (AvgIpc) is 2.46. The number of anilines is 1. The number of amides is 3. The number of hydrogen-bond donors (Lipinski definition) is 4. The molecule has 0 aromatic heterocycles. The number of hydrogen-bond acceptors (Lipinski definition) is 3. The zero-order valence-corrected chi connectivity index (χ0v) is 14.8. The first-order valence-electron chi connectivity index (χ1n) is 7.69. The summed E-state index contributed by atoms with van der Waals surface area (Å²) < 4.78 is 0. The smallest absolute Gasteiger partial charge is 0.319 e. The molecule has 0 bridgehead atoms. The van der Waals surface area contributed by atoms with Gasteiger partial charge in [0.1, 0.15) is 0 Å². The van der Waals surface area contributed by atoms with Gasteiger partial charge in [-0.2, -0.15) is 0 Å². The van der Waals surface area contributed by atoms with Crippen molar-refractivity contribution in [3.8, 4) is 0 Å². The molecule has 6 nitrogen and oxygen atoms in total. The lowest BCUT2D eigenvalue weighted by Gasteiger charge is -2.10. The lowest BCUT2D eigenvalue weighted by molar-refractivity contribution is 0.0954. The van der Waals surface area contributed by atoms with E-state index >= 15 is 0 Å². The van der Waals surface area contributed by atoms with Crippen LogP contribution in [0.25, 0.3) is 0 Å². The monoisotopic (exact) mass is 342 g/mol. The molecule has 1 aromatic rings. The molecule has 23 heavy (non-hydrogen) atoms. The van der Waals surface area contributed by atoms with Gasteiger partial charge < -0.3 is 21.3 Å². The topological polar surface area (TPSA) is 82.3 Å². The summed E-state index contributed by atoms with van der Waals surface area (Å²) in [6.07, 6.45) is 1.08. The molecule has 0 saturated carbocycles. The van der Waals surface area contributed by atoms with Gasteiger partial charge in [0.05, 0.1) is 0 Å². The lowest BCUT2D eigenvalue weighted by atomic mass is 10.2. The highest BCUT2D eigenvalue weighted by atomic mass is 35.5. The standard InChI is InChI=1S/C16H26N4O2.ClH/c1-4-9-17-10-11-18-15(21)13-5-7-14(8-6-13)20-16(22)19-12(2)3;/h5-8,12,17H,4,9-11H2,1-3H3,(H,18,21)(H2,19,20,22);1H. The first-order valence-corrected chi connectivity index (χ1v) is 7.69. The summed E-state index contributed by atoms with van der Waals surface area (Å²) in [5, 5.41) is 11.5. The quantitative estimate of drug-likeness (QED) is 0.547. The molecular weight excluding hydrogens is 316 g/mol. The highest BCUT2D eigenvalue weighted by Gasteiger charge is 2.06. The van der Waals surface area contributed by atoms with Gasteiger partial charge in [-0.1, -0.05) is 6.92 Å². The molecule has 0 saturated heterocycles. The van der Waals surface area contributed by atoms with E-state index in [1.165, 1.54) is 0 Å². The van der Waals surface area contributed by atoms with Crippen molar-refractivity contribution < 1.29 is 9.59 Å². The Bertz CT molecular complexity index is 477. The molecule has 0 heterocycles. The molecule has 0 atom stereocenters. The van der Waals surface area contributed by atoms with E-state index < -0.39 is 0 Å². The van der Waals surface area contributed by atoms with E-state index in [4.69, 9.17) is 0 Å². The van der Waals surface area contributed by atoms with Crippen LogP contribution in [-0.2, 0) is 0 Å². The zero-order chi connectivity index (χ0) is 16.4. The van der Waals surface area contributed by atoms with Crippen LogP contribution in [0.5, 0.6) is 0 Å². The van der Waals surface area contributed by atoms with Crippen LogP contribution < -0.4 is 21.3 Å². The molecule has 0 aliphatic heterocycles. The van der Waals surface area contributed by atoms with Crippen LogP contribution in [0.15, 0.2) is 24.3 Å². The van der Waals surface area contributed by atoms with Crippen LogP contribution in [0.2, 0.25) is 0 Å². The van der Waals surface area contributed by atoms with Gasteiger partial charge in [0.15, 0.2) is 0 Å². The molecule has 0 unspecified atom stereocenters. The Morgan fingerprint density at radius 3 is 2.26 bits per heavy atom. The third-order valence-corrected chi connectivity index (χ3v) is 2.84. The molecule has 3 amide bonds. The maximum atomic E-state index is 11.9. The summed E-state index contributed by atoms with van der Waals surface area (Å²) >= 11 is 0. The van der Waals surface area contributed by atoms with Gasteiger partial charge in [-0.15, -0.1) is 12.4 Å². The van der Waals surface area contributed by atoms with Crippen molar-refractivity contribution in [2.24, 2.45) is 0 Å². The molecule has 0 aliphatic carbocycles. The normalized spacial score (nSPS) is 9.91. The van der Waals surface area contributed by atoms with Crippen molar-refractivity contribution in [2.45, 2.75) is 33.2 Å². The Kier molecular flexibility index (Phi) is 10.8. The Balaban J connectivity index is 0.00000484. The molecule has 130 valence electrons. The van der Waals surface area contributed by atoms with Gasteiger partial charge >= 0.3 is 6.03 Å². The van der Waals surface area contributed by atoms with Gasteiger partial charge in [0, 0.05) is 30.4 Å². The van der Waals surface area contributed by atoms with Crippen LogP contribution >= 0.6 is 12.4 Å². The molecule has 7 heteroatoms. The van der Waals surface area contributed by atoms with Gasteiger partial charge in [0.2, 0.25) is 0 Å². The largest absolute Gasteiger partial charge is 0.351 e. The van der Waals surface area contributed by atoms with E-state index in [1.807, 2.05) is 13.8 Å². The highest BCUT2D eigenvalue weighted by molar-refractivity contribution is 5.95. The Morgan fingerprint density at radius 1 is 1.04 bits per heavy atom. The zero-order valence-electron chi connectivity index (χ0n) is 13.9. The van der Waals surface area contributed by atoms with E-state index in [2.05, 4.69) is 28.2 Å². The molecule has 1 rings (SSSR count). The van der Waals surface area contributed by atoms with Gasteiger partial charge in [-0.25, -0.2) is 4.79 Å². The second kappa shape index (κ2) is 11.7. The summed E-state index contributed by atoms with van der Waals surface area (Å²) in [5.74, 6) is -0.114. The van der Waals surface area contributed by atoms with Crippen molar-refractivity contribution in [3.63, 3.8) is 0 Å². The fourth-order valence-corrected chi connectivity index (χ4v) is 1.80. The first kappa shape index (κ1) is 21.2. The van der Waals surface area contributed by atoms with Crippen LogP contribution in [-0.4, -0.2) is 37.6 Å². The highest BCUT2D eigenvalue weighted by Crippen LogP contribution is 2.09. The van der Waals surface area contributed by atoms with Crippen LogP contribution in [0.4, 0.5) is 10.5 Å². The molecule has 0 spiro atoms. The first-order chi connectivity index (χ1) is 10.5. The maximum absolute atomic E-state index is 11.9. The summed E-state index contributed by atoms with van der Waals surface area (Å²) in [6, 6.07) is 6.63. The third kappa shape index (κ3) is 9.05. The predicted molar refractivity (Wildman–Crippen MR) is 96.5 cm³/mol. The average molecular weight is 343 g/mol. The minimum absolute atomic E-state index is 0. The van der Waals surface area contributed by atoms with Gasteiger partial charge in [0.25, 0.3) is 5.91 Å². The number of benzene rings is 1. The minimum Gasteiger partial charge on any atom is -0.351 e. The SMILES string of the molecule is CCCNCCNC(=O)c1ccc(NC(=O)NC(C)C)cc1.Cl. The Morgan fingerprint density at radius 2 is 1.70 bits per heavy atom. The lowest BCUT2D eigenvalue weighted by Crippen LogP contribution is -2.34. The van der Waals surface area contributed by atoms with E-state index in [-0.39, 0.29) is 30.4 Å².